The molecule has 3 N–H and O–H groups in total. The number of hydrogen-bond acceptors (Lipinski definition) is 5. The number of hydrogen-bond donors (Lipinski definition) is 3. The number of carbonyl (C=O) groups is 1. The van der Waals surface area contributed by atoms with Gasteiger partial charge in [0.15, 0.2) is 23.0 Å². The molecule has 130 valence electrons. The number of rotatable bonds is 4. The van der Waals surface area contributed by atoms with Gasteiger partial charge in [-0.1, -0.05) is 12.1 Å². The van der Waals surface area contributed by atoms with Crippen LogP contribution in [0.25, 0.3) is 5.57 Å². The van der Waals surface area contributed by atoms with Crippen LogP contribution in [-0.2, 0) is 4.79 Å². The third-order valence-electron chi connectivity index (χ3n) is 4.29. The molecule has 25 heavy (non-hydrogen) atoms. The lowest BCUT2D eigenvalue weighted by molar-refractivity contribution is -0.121. The van der Waals surface area contributed by atoms with E-state index in [0.717, 1.165) is 16.7 Å². The second kappa shape index (κ2) is 6.76. The summed E-state index contributed by atoms with van der Waals surface area (Å²) < 4.78 is 10.3. The van der Waals surface area contributed by atoms with Gasteiger partial charge in [-0.15, -0.1) is 0 Å². The molecule has 3 rings (SSSR count). The molecule has 1 heterocycles. The Morgan fingerprint density at radius 1 is 1.00 bits per heavy atom. The van der Waals surface area contributed by atoms with E-state index in [0.29, 0.717) is 17.9 Å². The monoisotopic (exact) mass is 341 g/mol. The van der Waals surface area contributed by atoms with Gasteiger partial charge in [-0.2, -0.15) is 0 Å². The van der Waals surface area contributed by atoms with E-state index in [4.69, 9.17) is 9.47 Å². The number of phenols is 2. The van der Waals surface area contributed by atoms with Crippen LogP contribution in [0, 0.1) is 0 Å². The summed E-state index contributed by atoms with van der Waals surface area (Å²) in [6.45, 7) is 0. The van der Waals surface area contributed by atoms with Crippen LogP contribution in [0.1, 0.15) is 23.5 Å². The molecule has 1 atom stereocenters. The van der Waals surface area contributed by atoms with Gasteiger partial charge in [-0.3, -0.25) is 4.79 Å². The van der Waals surface area contributed by atoms with E-state index in [1.807, 2.05) is 0 Å². The zero-order chi connectivity index (χ0) is 18.0. The molecule has 6 heteroatoms. The van der Waals surface area contributed by atoms with Crippen molar-refractivity contribution in [3.05, 3.63) is 53.7 Å². The standard InChI is InChI=1S/C19H19NO5/c1-24-17-8-11(3-5-15(17)21)13-7-14(19(23)20-10-13)12-4-6-16(22)18(9-12)25-2/h3-6,8-10,14,21-22H,7H2,1-2H3,(H,20,23)/t14-/m1/s1. The molecule has 0 spiro atoms. The zero-order valence-corrected chi connectivity index (χ0v) is 13.9. The quantitative estimate of drug-likeness (QED) is 0.796. The van der Waals surface area contributed by atoms with Gasteiger partial charge in [0.05, 0.1) is 20.1 Å². The summed E-state index contributed by atoms with van der Waals surface area (Å²) in [5.74, 6) is 0.260. The van der Waals surface area contributed by atoms with E-state index in [2.05, 4.69) is 5.32 Å². The molecular formula is C19H19NO5. The highest BCUT2D eigenvalue weighted by Crippen LogP contribution is 2.37. The first-order valence-electron chi connectivity index (χ1n) is 7.77. The molecular weight excluding hydrogens is 322 g/mol. The minimum atomic E-state index is -0.408. The highest BCUT2D eigenvalue weighted by atomic mass is 16.5. The second-order valence-electron chi connectivity index (χ2n) is 5.75. The lowest BCUT2D eigenvalue weighted by Crippen LogP contribution is -2.29. The van der Waals surface area contributed by atoms with Crippen molar-refractivity contribution in [3.63, 3.8) is 0 Å². The Morgan fingerprint density at radius 2 is 1.64 bits per heavy atom. The maximum atomic E-state index is 12.3. The van der Waals surface area contributed by atoms with Crippen molar-refractivity contribution in [1.29, 1.82) is 0 Å². The topological polar surface area (TPSA) is 88.0 Å². The Morgan fingerprint density at radius 3 is 2.32 bits per heavy atom. The van der Waals surface area contributed by atoms with Gasteiger partial charge >= 0.3 is 0 Å². The maximum absolute atomic E-state index is 12.3. The smallest absolute Gasteiger partial charge is 0.231 e. The summed E-state index contributed by atoms with van der Waals surface area (Å²) in [5, 5.41) is 22.3. The van der Waals surface area contributed by atoms with Crippen LogP contribution >= 0.6 is 0 Å². The molecule has 1 aliphatic rings. The van der Waals surface area contributed by atoms with Gasteiger partial charge in [-0.05, 0) is 47.4 Å². The van der Waals surface area contributed by atoms with E-state index < -0.39 is 5.92 Å². The zero-order valence-electron chi connectivity index (χ0n) is 13.9. The maximum Gasteiger partial charge on any atom is 0.231 e. The van der Waals surface area contributed by atoms with E-state index in [9.17, 15) is 15.0 Å². The SMILES string of the molecule is COc1cc(C2=CNC(=O)[C@@H](c3ccc(O)c(OC)c3)C2)ccc1O. The molecule has 0 aliphatic carbocycles. The molecule has 2 aromatic carbocycles. The second-order valence-corrected chi connectivity index (χ2v) is 5.75. The first kappa shape index (κ1) is 16.7. The third kappa shape index (κ3) is 3.24. The molecule has 0 saturated heterocycles. The number of methoxy groups -OCH3 is 2. The number of carbonyl (C=O) groups excluding carboxylic acids is 1. The molecule has 1 aliphatic heterocycles. The third-order valence-corrected chi connectivity index (χ3v) is 4.29. The van der Waals surface area contributed by atoms with Gasteiger partial charge in [0.2, 0.25) is 5.91 Å². The molecule has 1 amide bonds. The lowest BCUT2D eigenvalue weighted by atomic mass is 9.86. The minimum absolute atomic E-state index is 0.0292. The normalized spacial score (nSPS) is 16.8. The van der Waals surface area contributed by atoms with E-state index >= 15 is 0 Å². The molecule has 0 radical (unpaired) electrons. The molecule has 0 fully saturated rings. The van der Waals surface area contributed by atoms with Crippen molar-refractivity contribution in [2.45, 2.75) is 12.3 Å². The molecule has 0 unspecified atom stereocenters. The fourth-order valence-corrected chi connectivity index (χ4v) is 2.89. The number of allylic oxidation sites excluding steroid dienone is 1. The molecule has 6 nitrogen and oxygen atoms in total. The molecule has 0 saturated carbocycles. The Bertz CT molecular complexity index is 844. The summed E-state index contributed by atoms with van der Waals surface area (Å²) in [6.07, 6.45) is 2.15. The van der Waals surface area contributed by atoms with Gasteiger partial charge in [0.1, 0.15) is 0 Å². The van der Waals surface area contributed by atoms with Crippen molar-refractivity contribution >= 4 is 11.5 Å². The number of benzene rings is 2. The van der Waals surface area contributed by atoms with Crippen LogP contribution in [-0.4, -0.2) is 30.3 Å². The summed E-state index contributed by atoms with van der Waals surface area (Å²) in [5.41, 5.74) is 2.52. The largest absolute Gasteiger partial charge is 0.504 e. The average Bonchev–Trinajstić information content (AvgIpc) is 2.63. The van der Waals surface area contributed by atoms with Crippen molar-refractivity contribution < 1.29 is 24.5 Å². The Labute approximate surface area is 145 Å². The van der Waals surface area contributed by atoms with Gasteiger partial charge < -0.3 is 25.0 Å². The van der Waals surface area contributed by atoms with Crippen molar-refractivity contribution in [2.75, 3.05) is 14.2 Å². The fraction of sp³-hybridized carbons (Fsp3) is 0.211. The Kier molecular flexibility index (Phi) is 4.52. The number of phenolic OH excluding ortho intramolecular Hbond substituents is 2. The van der Waals surface area contributed by atoms with E-state index in [1.165, 1.54) is 20.3 Å². The van der Waals surface area contributed by atoms with Crippen molar-refractivity contribution in [3.8, 4) is 23.0 Å². The first-order valence-corrected chi connectivity index (χ1v) is 7.77. The number of ether oxygens (including phenoxy) is 2. The van der Waals surface area contributed by atoms with Crippen LogP contribution < -0.4 is 14.8 Å². The minimum Gasteiger partial charge on any atom is -0.504 e. The number of aromatic hydroxyl groups is 2. The first-order chi connectivity index (χ1) is 12.0. The summed E-state index contributed by atoms with van der Waals surface area (Å²) in [4.78, 5) is 12.3. The van der Waals surface area contributed by atoms with E-state index in [1.54, 1.807) is 36.5 Å². The van der Waals surface area contributed by atoms with Crippen LogP contribution in [0.2, 0.25) is 0 Å². The lowest BCUT2D eigenvalue weighted by Gasteiger charge is -2.24. The Hall–Kier alpha value is -3.15. The van der Waals surface area contributed by atoms with E-state index in [-0.39, 0.29) is 17.4 Å². The summed E-state index contributed by atoms with van der Waals surface area (Å²) >= 11 is 0. The van der Waals surface area contributed by atoms with Crippen LogP contribution in [0.4, 0.5) is 0 Å². The molecule has 2 aromatic rings. The highest BCUT2D eigenvalue weighted by molar-refractivity contribution is 5.91. The number of nitrogens with one attached hydrogen (secondary N) is 1. The van der Waals surface area contributed by atoms with Gasteiger partial charge in [0.25, 0.3) is 0 Å². The number of amides is 1. The summed E-state index contributed by atoms with van der Waals surface area (Å²) in [7, 11) is 2.95. The Balaban J connectivity index is 1.92. The van der Waals surface area contributed by atoms with Crippen molar-refractivity contribution in [2.24, 2.45) is 0 Å². The molecule has 0 aromatic heterocycles. The molecule has 0 bridgehead atoms. The highest BCUT2D eigenvalue weighted by Gasteiger charge is 2.27. The van der Waals surface area contributed by atoms with Crippen LogP contribution in [0.15, 0.2) is 42.6 Å². The average molecular weight is 341 g/mol. The predicted octanol–water partition coefficient (Wildman–Crippen LogP) is 2.76. The fourth-order valence-electron chi connectivity index (χ4n) is 2.89. The predicted molar refractivity (Wildman–Crippen MR) is 92.8 cm³/mol. The van der Waals surface area contributed by atoms with Gasteiger partial charge in [-0.25, -0.2) is 0 Å². The van der Waals surface area contributed by atoms with Crippen LogP contribution in [0.3, 0.4) is 0 Å². The summed E-state index contributed by atoms with van der Waals surface area (Å²) in [6, 6.07) is 9.96. The van der Waals surface area contributed by atoms with Gasteiger partial charge in [0, 0.05) is 6.20 Å². The van der Waals surface area contributed by atoms with Crippen molar-refractivity contribution in [1.82, 2.24) is 5.32 Å². The van der Waals surface area contributed by atoms with Crippen LogP contribution in [0.5, 0.6) is 23.0 Å².